The van der Waals surface area contributed by atoms with E-state index in [2.05, 4.69) is 12.2 Å². The number of thiazole rings is 1. The van der Waals surface area contributed by atoms with E-state index in [0.29, 0.717) is 10.0 Å². The van der Waals surface area contributed by atoms with Crippen molar-refractivity contribution in [1.29, 1.82) is 0 Å². The predicted molar refractivity (Wildman–Crippen MR) is 90.7 cm³/mol. The molecule has 0 radical (unpaired) electrons. The molecule has 2 aromatic rings. The van der Waals surface area contributed by atoms with Gasteiger partial charge in [0, 0.05) is 14.9 Å². The van der Waals surface area contributed by atoms with Crippen molar-refractivity contribution in [2.75, 3.05) is 6.54 Å². The van der Waals surface area contributed by atoms with Gasteiger partial charge < -0.3 is 5.32 Å². The third kappa shape index (κ3) is 3.26. The van der Waals surface area contributed by atoms with Gasteiger partial charge in [-0.15, -0.1) is 11.3 Å². The van der Waals surface area contributed by atoms with E-state index in [1.54, 1.807) is 6.07 Å². The number of halogens is 2. The maximum Gasteiger partial charge on any atom is 0.115 e. The van der Waals surface area contributed by atoms with Gasteiger partial charge >= 0.3 is 0 Å². The Kier molecular flexibility index (Phi) is 4.85. The van der Waals surface area contributed by atoms with Crippen molar-refractivity contribution in [1.82, 2.24) is 10.3 Å². The second kappa shape index (κ2) is 6.66. The van der Waals surface area contributed by atoms with Crippen molar-refractivity contribution in [2.45, 2.75) is 38.6 Å². The van der Waals surface area contributed by atoms with Crippen LogP contribution in [0.4, 0.5) is 0 Å². The summed E-state index contributed by atoms with van der Waals surface area (Å²) in [5, 5.41) is 6.06. The minimum atomic E-state index is 0.0605. The van der Waals surface area contributed by atoms with Crippen LogP contribution in [0.5, 0.6) is 0 Å². The fraction of sp³-hybridized carbons (Fsp3) is 0.438. The molecule has 1 atom stereocenters. The van der Waals surface area contributed by atoms with Crippen LogP contribution < -0.4 is 5.32 Å². The number of rotatable bonds is 5. The second-order valence-corrected chi connectivity index (χ2v) is 7.29. The molecule has 3 rings (SSSR count). The van der Waals surface area contributed by atoms with Gasteiger partial charge in [0.15, 0.2) is 0 Å². The number of aryl methyl sites for hydroxylation is 2. The van der Waals surface area contributed by atoms with E-state index in [1.807, 2.05) is 23.5 Å². The zero-order valence-corrected chi connectivity index (χ0v) is 14.3. The third-order valence-corrected chi connectivity index (χ3v) is 5.52. The Bertz CT molecular complexity index is 618. The van der Waals surface area contributed by atoms with Gasteiger partial charge in [0.1, 0.15) is 5.01 Å². The van der Waals surface area contributed by atoms with Crippen molar-refractivity contribution in [3.05, 3.63) is 49.4 Å². The monoisotopic (exact) mass is 340 g/mol. The molecule has 112 valence electrons. The number of nitrogens with one attached hydrogen (secondary N) is 1. The summed E-state index contributed by atoms with van der Waals surface area (Å²) in [5.41, 5.74) is 2.34. The van der Waals surface area contributed by atoms with Crippen LogP contribution in [-0.4, -0.2) is 11.5 Å². The van der Waals surface area contributed by atoms with E-state index in [4.69, 9.17) is 28.2 Å². The molecular weight excluding hydrogens is 323 g/mol. The lowest BCUT2D eigenvalue weighted by Gasteiger charge is -2.18. The lowest BCUT2D eigenvalue weighted by atomic mass is 10.1. The van der Waals surface area contributed by atoms with Crippen LogP contribution in [0.25, 0.3) is 0 Å². The summed E-state index contributed by atoms with van der Waals surface area (Å²) in [7, 11) is 0. The summed E-state index contributed by atoms with van der Waals surface area (Å²) >= 11 is 14.2. The van der Waals surface area contributed by atoms with Crippen molar-refractivity contribution in [3.63, 3.8) is 0 Å². The standard InChI is InChI=1S/C16H18Cl2N2S/c1-2-8-19-15(11-7-6-10(17)9-12(11)18)16-20-13-4-3-5-14(13)21-16/h6-7,9,15,19H,2-5,8H2,1H3. The van der Waals surface area contributed by atoms with Gasteiger partial charge in [-0.25, -0.2) is 4.98 Å². The molecule has 1 heterocycles. The van der Waals surface area contributed by atoms with Gasteiger partial charge in [-0.05, 0) is 49.9 Å². The van der Waals surface area contributed by atoms with E-state index < -0.39 is 0 Å². The molecule has 1 aromatic carbocycles. The molecule has 1 N–H and O–H groups in total. The van der Waals surface area contributed by atoms with E-state index >= 15 is 0 Å². The predicted octanol–water partition coefficient (Wildman–Crippen LogP) is 5.03. The number of benzene rings is 1. The Balaban J connectivity index is 1.96. The first-order valence-corrected chi connectivity index (χ1v) is 8.93. The fourth-order valence-electron chi connectivity index (χ4n) is 2.69. The molecule has 1 unspecified atom stereocenters. The number of nitrogens with zero attached hydrogens (tertiary/aromatic N) is 1. The molecule has 0 saturated carbocycles. The average molecular weight is 341 g/mol. The number of hydrogen-bond acceptors (Lipinski definition) is 3. The molecular formula is C16H18Cl2N2S. The van der Waals surface area contributed by atoms with E-state index in [9.17, 15) is 0 Å². The highest BCUT2D eigenvalue weighted by atomic mass is 35.5. The summed E-state index contributed by atoms with van der Waals surface area (Å²) in [5.74, 6) is 0. The average Bonchev–Trinajstić information content (AvgIpc) is 3.02. The summed E-state index contributed by atoms with van der Waals surface area (Å²) in [6.07, 6.45) is 4.60. The van der Waals surface area contributed by atoms with Crippen LogP contribution >= 0.6 is 34.5 Å². The number of hydrogen-bond donors (Lipinski definition) is 1. The Morgan fingerprint density at radius 1 is 1.33 bits per heavy atom. The van der Waals surface area contributed by atoms with E-state index in [0.717, 1.165) is 30.0 Å². The van der Waals surface area contributed by atoms with Crippen molar-refractivity contribution in [2.24, 2.45) is 0 Å². The summed E-state index contributed by atoms with van der Waals surface area (Å²) in [6.45, 7) is 3.10. The number of fused-ring (bicyclic) bond motifs is 1. The zero-order chi connectivity index (χ0) is 14.8. The number of aromatic nitrogens is 1. The minimum absolute atomic E-state index is 0.0605. The lowest BCUT2D eigenvalue weighted by Crippen LogP contribution is -2.23. The topological polar surface area (TPSA) is 24.9 Å². The summed E-state index contributed by atoms with van der Waals surface area (Å²) in [4.78, 5) is 6.29. The smallest absolute Gasteiger partial charge is 0.115 e. The molecule has 1 aromatic heterocycles. The Morgan fingerprint density at radius 3 is 2.90 bits per heavy atom. The summed E-state index contributed by atoms with van der Waals surface area (Å²) < 4.78 is 0. The highest BCUT2D eigenvalue weighted by Crippen LogP contribution is 2.36. The molecule has 1 aliphatic carbocycles. The Labute approximate surface area is 139 Å². The molecule has 0 bridgehead atoms. The van der Waals surface area contributed by atoms with Crippen molar-refractivity contribution < 1.29 is 0 Å². The Hall–Kier alpha value is -0.610. The summed E-state index contributed by atoms with van der Waals surface area (Å²) in [6, 6.07) is 5.76. The molecule has 0 aliphatic heterocycles. The highest BCUT2D eigenvalue weighted by molar-refractivity contribution is 7.11. The SMILES string of the molecule is CCCNC(c1nc2c(s1)CCC2)c1ccc(Cl)cc1Cl. The second-order valence-electron chi connectivity index (χ2n) is 5.33. The van der Waals surface area contributed by atoms with Crippen molar-refractivity contribution in [3.8, 4) is 0 Å². The van der Waals surface area contributed by atoms with Gasteiger partial charge in [-0.3, -0.25) is 0 Å². The first kappa shape index (κ1) is 15.3. The normalized spacial score (nSPS) is 15.2. The minimum Gasteiger partial charge on any atom is -0.304 e. The van der Waals surface area contributed by atoms with Crippen LogP contribution in [-0.2, 0) is 12.8 Å². The fourth-order valence-corrected chi connectivity index (χ4v) is 4.45. The van der Waals surface area contributed by atoms with Crippen LogP contribution in [0.15, 0.2) is 18.2 Å². The highest BCUT2D eigenvalue weighted by Gasteiger charge is 2.24. The molecule has 0 saturated heterocycles. The molecule has 2 nitrogen and oxygen atoms in total. The molecule has 0 fully saturated rings. The molecule has 5 heteroatoms. The quantitative estimate of drug-likeness (QED) is 0.825. The lowest BCUT2D eigenvalue weighted by molar-refractivity contribution is 0.594. The molecule has 21 heavy (non-hydrogen) atoms. The largest absolute Gasteiger partial charge is 0.304 e. The third-order valence-electron chi connectivity index (χ3n) is 3.73. The van der Waals surface area contributed by atoms with Crippen LogP contribution in [0, 0.1) is 0 Å². The maximum atomic E-state index is 6.40. The maximum absolute atomic E-state index is 6.40. The van der Waals surface area contributed by atoms with Gasteiger partial charge in [-0.1, -0.05) is 36.2 Å². The first-order valence-electron chi connectivity index (χ1n) is 7.36. The van der Waals surface area contributed by atoms with Gasteiger partial charge in [0.05, 0.1) is 11.7 Å². The molecule has 1 aliphatic rings. The zero-order valence-electron chi connectivity index (χ0n) is 12.0. The van der Waals surface area contributed by atoms with Crippen LogP contribution in [0.3, 0.4) is 0 Å². The van der Waals surface area contributed by atoms with Gasteiger partial charge in [0.25, 0.3) is 0 Å². The van der Waals surface area contributed by atoms with E-state index in [-0.39, 0.29) is 6.04 Å². The van der Waals surface area contributed by atoms with Crippen molar-refractivity contribution >= 4 is 34.5 Å². The molecule has 0 amide bonds. The first-order chi connectivity index (χ1) is 10.2. The molecule has 0 spiro atoms. The van der Waals surface area contributed by atoms with E-state index in [1.165, 1.54) is 23.4 Å². The van der Waals surface area contributed by atoms with Crippen LogP contribution in [0.1, 0.15) is 46.9 Å². The van der Waals surface area contributed by atoms with Gasteiger partial charge in [-0.2, -0.15) is 0 Å². The van der Waals surface area contributed by atoms with Gasteiger partial charge in [0.2, 0.25) is 0 Å². The Morgan fingerprint density at radius 2 is 2.19 bits per heavy atom. The van der Waals surface area contributed by atoms with Crippen LogP contribution in [0.2, 0.25) is 10.0 Å².